The molecular formula is C15H20N6. The van der Waals surface area contributed by atoms with E-state index in [9.17, 15) is 0 Å². The molecule has 6 heteroatoms. The van der Waals surface area contributed by atoms with Crippen molar-refractivity contribution >= 4 is 10.9 Å². The van der Waals surface area contributed by atoms with Crippen LogP contribution in [0.1, 0.15) is 24.5 Å². The molecule has 3 aromatic rings. The number of aryl methyl sites for hydroxylation is 2. The number of fused-ring (bicyclic) bond motifs is 1. The van der Waals surface area contributed by atoms with Gasteiger partial charge in [0, 0.05) is 25.9 Å². The minimum Gasteiger partial charge on any atom is -0.308 e. The van der Waals surface area contributed by atoms with Gasteiger partial charge in [0.05, 0.1) is 17.3 Å². The monoisotopic (exact) mass is 284 g/mol. The lowest BCUT2D eigenvalue weighted by Gasteiger charge is -2.15. The fraction of sp³-hybridized carbons (Fsp3) is 0.400. The lowest BCUT2D eigenvalue weighted by Crippen LogP contribution is -2.25. The molecule has 110 valence electrons. The average Bonchev–Trinajstić information content (AvgIpc) is 3.04. The van der Waals surface area contributed by atoms with Crippen LogP contribution in [0.15, 0.2) is 30.6 Å². The van der Waals surface area contributed by atoms with E-state index in [4.69, 9.17) is 5.10 Å². The Bertz CT molecular complexity index is 742. The minimum absolute atomic E-state index is 0.129. The number of nitrogens with one attached hydrogen (secondary N) is 1. The third kappa shape index (κ3) is 2.54. The quantitative estimate of drug-likeness (QED) is 0.773. The first-order valence-corrected chi connectivity index (χ1v) is 7.18. The van der Waals surface area contributed by atoms with E-state index >= 15 is 0 Å². The van der Waals surface area contributed by atoms with E-state index in [1.807, 2.05) is 29.5 Å². The zero-order valence-electron chi connectivity index (χ0n) is 12.6. The number of likely N-dealkylation sites (N-methyl/N-ethyl adjacent to an activating group) is 1. The summed E-state index contributed by atoms with van der Waals surface area (Å²) < 4.78 is 3.75. The topological polar surface area (TPSA) is 60.6 Å². The van der Waals surface area contributed by atoms with Gasteiger partial charge in [0.25, 0.3) is 0 Å². The molecular weight excluding hydrogens is 264 g/mol. The van der Waals surface area contributed by atoms with Gasteiger partial charge in [0.2, 0.25) is 0 Å². The van der Waals surface area contributed by atoms with Gasteiger partial charge in [0.15, 0.2) is 0 Å². The van der Waals surface area contributed by atoms with E-state index in [0.29, 0.717) is 0 Å². The van der Waals surface area contributed by atoms with Crippen LogP contribution < -0.4 is 5.32 Å². The summed E-state index contributed by atoms with van der Waals surface area (Å²) in [7, 11) is 3.90. The molecule has 0 aliphatic carbocycles. The van der Waals surface area contributed by atoms with Crippen LogP contribution in [0.25, 0.3) is 10.9 Å². The Labute approximate surface area is 123 Å². The highest BCUT2D eigenvalue weighted by atomic mass is 15.3. The van der Waals surface area contributed by atoms with Crippen molar-refractivity contribution in [3.8, 4) is 0 Å². The lowest BCUT2D eigenvalue weighted by atomic mass is 10.1. The summed E-state index contributed by atoms with van der Waals surface area (Å²) in [6, 6.07) is 8.44. The standard InChI is InChI=1S/C15H20N6/c1-4-16-12(9-14-17-10-18-21(14)3)15-11-7-5-6-8-13(11)20(2)19-15/h5-8,10,12,16H,4,9H2,1-3H3. The van der Waals surface area contributed by atoms with Crippen LogP contribution in [0.4, 0.5) is 0 Å². The van der Waals surface area contributed by atoms with Crippen molar-refractivity contribution in [3.63, 3.8) is 0 Å². The number of nitrogens with zero attached hydrogens (tertiary/aromatic N) is 5. The normalized spacial score (nSPS) is 12.9. The molecule has 3 rings (SSSR count). The SMILES string of the molecule is CCNC(Cc1ncnn1C)c1nn(C)c2ccccc12. The van der Waals surface area contributed by atoms with Crippen molar-refractivity contribution in [2.45, 2.75) is 19.4 Å². The Morgan fingerprint density at radius 2 is 2.00 bits per heavy atom. The third-order valence-corrected chi connectivity index (χ3v) is 3.76. The molecule has 1 N–H and O–H groups in total. The number of aromatic nitrogens is 5. The van der Waals surface area contributed by atoms with E-state index in [1.165, 1.54) is 5.39 Å². The zero-order valence-corrected chi connectivity index (χ0v) is 12.6. The van der Waals surface area contributed by atoms with Crippen molar-refractivity contribution in [3.05, 3.63) is 42.1 Å². The van der Waals surface area contributed by atoms with Gasteiger partial charge >= 0.3 is 0 Å². The molecule has 0 aliphatic heterocycles. The second kappa shape index (κ2) is 5.65. The minimum atomic E-state index is 0.129. The Morgan fingerprint density at radius 1 is 1.19 bits per heavy atom. The first-order valence-electron chi connectivity index (χ1n) is 7.18. The third-order valence-electron chi connectivity index (χ3n) is 3.76. The van der Waals surface area contributed by atoms with E-state index in [-0.39, 0.29) is 6.04 Å². The molecule has 0 amide bonds. The molecule has 2 aromatic heterocycles. The summed E-state index contributed by atoms with van der Waals surface area (Å²) in [6.45, 7) is 2.99. The van der Waals surface area contributed by atoms with E-state index in [0.717, 1.165) is 30.0 Å². The van der Waals surface area contributed by atoms with Crippen molar-refractivity contribution < 1.29 is 0 Å². The summed E-state index contributed by atoms with van der Waals surface area (Å²) in [4.78, 5) is 4.33. The Morgan fingerprint density at radius 3 is 2.71 bits per heavy atom. The fourth-order valence-corrected chi connectivity index (χ4v) is 2.70. The van der Waals surface area contributed by atoms with Crippen molar-refractivity contribution in [2.24, 2.45) is 14.1 Å². The maximum atomic E-state index is 4.72. The van der Waals surface area contributed by atoms with Crippen molar-refractivity contribution in [1.82, 2.24) is 29.9 Å². The largest absolute Gasteiger partial charge is 0.308 e. The number of hydrogen-bond acceptors (Lipinski definition) is 4. The molecule has 1 aromatic carbocycles. The Kier molecular flexibility index (Phi) is 3.70. The van der Waals surface area contributed by atoms with Gasteiger partial charge in [0.1, 0.15) is 12.2 Å². The van der Waals surface area contributed by atoms with Crippen LogP contribution in [-0.4, -0.2) is 31.1 Å². The Balaban J connectivity index is 2.01. The Hall–Kier alpha value is -2.21. The smallest absolute Gasteiger partial charge is 0.138 e. The molecule has 2 heterocycles. The van der Waals surface area contributed by atoms with Crippen LogP contribution in [0.5, 0.6) is 0 Å². The van der Waals surface area contributed by atoms with Gasteiger partial charge in [-0.25, -0.2) is 4.98 Å². The number of hydrogen-bond donors (Lipinski definition) is 1. The van der Waals surface area contributed by atoms with Crippen LogP contribution in [0.2, 0.25) is 0 Å². The average molecular weight is 284 g/mol. The van der Waals surface area contributed by atoms with Crippen LogP contribution in [0, 0.1) is 0 Å². The van der Waals surface area contributed by atoms with E-state index in [1.54, 1.807) is 6.33 Å². The molecule has 1 unspecified atom stereocenters. The van der Waals surface area contributed by atoms with Crippen LogP contribution in [0.3, 0.4) is 0 Å². The predicted octanol–water partition coefficient (Wildman–Crippen LogP) is 1.60. The number of para-hydroxylation sites is 1. The summed E-state index contributed by atoms with van der Waals surface area (Å²) in [5.41, 5.74) is 2.21. The lowest BCUT2D eigenvalue weighted by molar-refractivity contribution is 0.507. The van der Waals surface area contributed by atoms with Gasteiger partial charge in [-0.3, -0.25) is 9.36 Å². The first-order chi connectivity index (χ1) is 10.2. The van der Waals surface area contributed by atoms with E-state index < -0.39 is 0 Å². The summed E-state index contributed by atoms with van der Waals surface area (Å²) in [5.74, 6) is 0.954. The second-order valence-electron chi connectivity index (χ2n) is 5.14. The highest BCUT2D eigenvalue weighted by Crippen LogP contribution is 2.25. The molecule has 0 aliphatic rings. The molecule has 0 saturated heterocycles. The van der Waals surface area contributed by atoms with Crippen molar-refractivity contribution in [1.29, 1.82) is 0 Å². The molecule has 6 nitrogen and oxygen atoms in total. The van der Waals surface area contributed by atoms with Gasteiger partial charge in [-0.05, 0) is 12.6 Å². The second-order valence-corrected chi connectivity index (χ2v) is 5.14. The van der Waals surface area contributed by atoms with Gasteiger partial charge < -0.3 is 5.32 Å². The maximum Gasteiger partial charge on any atom is 0.138 e. The molecule has 1 atom stereocenters. The molecule has 0 radical (unpaired) electrons. The predicted molar refractivity (Wildman–Crippen MR) is 81.8 cm³/mol. The molecule has 21 heavy (non-hydrogen) atoms. The van der Waals surface area contributed by atoms with Gasteiger partial charge in [-0.15, -0.1) is 0 Å². The van der Waals surface area contributed by atoms with Crippen molar-refractivity contribution in [2.75, 3.05) is 6.54 Å². The van der Waals surface area contributed by atoms with E-state index in [2.05, 4.69) is 40.5 Å². The highest BCUT2D eigenvalue weighted by Gasteiger charge is 2.20. The van der Waals surface area contributed by atoms with Gasteiger partial charge in [-0.2, -0.15) is 10.2 Å². The molecule has 0 spiro atoms. The first kappa shape index (κ1) is 13.8. The van der Waals surface area contributed by atoms with Crippen LogP contribution in [-0.2, 0) is 20.5 Å². The van der Waals surface area contributed by atoms with Gasteiger partial charge in [-0.1, -0.05) is 25.1 Å². The molecule has 0 saturated carbocycles. The number of rotatable bonds is 5. The zero-order chi connectivity index (χ0) is 14.8. The number of benzene rings is 1. The van der Waals surface area contributed by atoms with Crippen LogP contribution >= 0.6 is 0 Å². The summed E-state index contributed by atoms with van der Waals surface area (Å²) >= 11 is 0. The highest BCUT2D eigenvalue weighted by molar-refractivity contribution is 5.82. The summed E-state index contributed by atoms with van der Waals surface area (Å²) in [6.07, 6.45) is 2.36. The molecule has 0 fully saturated rings. The fourth-order valence-electron chi connectivity index (χ4n) is 2.70. The maximum absolute atomic E-state index is 4.72. The molecule has 0 bridgehead atoms. The summed E-state index contributed by atoms with van der Waals surface area (Å²) in [5, 5.41) is 13.6.